The molecule has 1 unspecified atom stereocenters. The van der Waals surface area contributed by atoms with Crippen LogP contribution in [0.5, 0.6) is 0 Å². The number of hydrogen-bond donors (Lipinski definition) is 1. The molecule has 4 nitrogen and oxygen atoms in total. The Hall–Kier alpha value is -0.840. The summed E-state index contributed by atoms with van der Waals surface area (Å²) in [5.41, 5.74) is 5.67. The van der Waals surface area contributed by atoms with Crippen molar-refractivity contribution in [2.75, 3.05) is 27.3 Å². The van der Waals surface area contributed by atoms with E-state index < -0.39 is 0 Å². The molecule has 0 aliphatic carbocycles. The molecule has 0 fully saturated rings. The van der Waals surface area contributed by atoms with Crippen molar-refractivity contribution in [3.8, 4) is 0 Å². The second-order valence-corrected chi connectivity index (χ2v) is 3.77. The standard InChI is InChI=1S/C11H20N2O2/c1-9-4-5-11(15-9)7-13(2)10(6-12)8-14-3/h4-5,10H,6-8,12H2,1-3H3. The minimum Gasteiger partial charge on any atom is -0.465 e. The number of methoxy groups -OCH3 is 1. The minimum absolute atomic E-state index is 0.236. The van der Waals surface area contributed by atoms with Gasteiger partial charge in [-0.3, -0.25) is 4.90 Å². The Bertz CT molecular complexity index is 286. The van der Waals surface area contributed by atoms with Gasteiger partial charge in [-0.1, -0.05) is 0 Å². The second kappa shape index (κ2) is 5.90. The van der Waals surface area contributed by atoms with Crippen molar-refractivity contribution in [2.45, 2.75) is 19.5 Å². The van der Waals surface area contributed by atoms with Gasteiger partial charge in [0.1, 0.15) is 11.5 Å². The van der Waals surface area contributed by atoms with Crippen molar-refractivity contribution in [2.24, 2.45) is 5.73 Å². The molecular weight excluding hydrogens is 192 g/mol. The Morgan fingerprint density at radius 1 is 1.53 bits per heavy atom. The van der Waals surface area contributed by atoms with Crippen molar-refractivity contribution >= 4 is 0 Å². The first-order chi connectivity index (χ1) is 7.17. The van der Waals surface area contributed by atoms with E-state index in [1.54, 1.807) is 7.11 Å². The molecule has 15 heavy (non-hydrogen) atoms. The zero-order chi connectivity index (χ0) is 11.3. The zero-order valence-electron chi connectivity index (χ0n) is 9.69. The topological polar surface area (TPSA) is 51.6 Å². The predicted molar refractivity (Wildman–Crippen MR) is 59.6 cm³/mol. The van der Waals surface area contributed by atoms with Crippen LogP contribution in [0.3, 0.4) is 0 Å². The average Bonchev–Trinajstić information content (AvgIpc) is 2.60. The summed E-state index contributed by atoms with van der Waals surface area (Å²) < 4.78 is 10.6. The maximum Gasteiger partial charge on any atom is 0.118 e. The van der Waals surface area contributed by atoms with E-state index in [1.165, 1.54) is 0 Å². The summed E-state index contributed by atoms with van der Waals surface area (Å²) >= 11 is 0. The first-order valence-electron chi connectivity index (χ1n) is 5.12. The molecule has 1 aromatic heterocycles. The molecule has 0 saturated heterocycles. The summed E-state index contributed by atoms with van der Waals surface area (Å²) in [5.74, 6) is 1.90. The van der Waals surface area contributed by atoms with Crippen LogP contribution in [0, 0.1) is 6.92 Å². The Morgan fingerprint density at radius 3 is 2.73 bits per heavy atom. The third kappa shape index (κ3) is 3.66. The molecule has 0 aliphatic rings. The number of ether oxygens (including phenoxy) is 1. The van der Waals surface area contributed by atoms with Crippen LogP contribution in [0.2, 0.25) is 0 Å². The Morgan fingerprint density at radius 2 is 2.27 bits per heavy atom. The van der Waals surface area contributed by atoms with E-state index in [4.69, 9.17) is 14.9 Å². The van der Waals surface area contributed by atoms with E-state index in [-0.39, 0.29) is 6.04 Å². The highest BCUT2D eigenvalue weighted by atomic mass is 16.5. The summed E-state index contributed by atoms with van der Waals surface area (Å²) in [5, 5.41) is 0. The lowest BCUT2D eigenvalue weighted by Crippen LogP contribution is -2.40. The van der Waals surface area contributed by atoms with E-state index >= 15 is 0 Å². The molecule has 0 aromatic carbocycles. The fourth-order valence-electron chi connectivity index (χ4n) is 1.51. The van der Waals surface area contributed by atoms with Gasteiger partial charge in [-0.05, 0) is 26.1 Å². The van der Waals surface area contributed by atoms with Gasteiger partial charge in [0, 0.05) is 19.7 Å². The SMILES string of the molecule is COCC(CN)N(C)Cc1ccc(C)o1. The molecule has 0 aliphatic heterocycles. The monoisotopic (exact) mass is 212 g/mol. The van der Waals surface area contributed by atoms with E-state index in [0.717, 1.165) is 18.1 Å². The number of nitrogens with zero attached hydrogens (tertiary/aromatic N) is 1. The third-order valence-corrected chi connectivity index (χ3v) is 2.46. The normalized spacial score (nSPS) is 13.4. The van der Waals surface area contributed by atoms with Gasteiger partial charge in [-0.15, -0.1) is 0 Å². The number of aryl methyl sites for hydroxylation is 1. The van der Waals surface area contributed by atoms with Crippen LogP contribution in [-0.2, 0) is 11.3 Å². The van der Waals surface area contributed by atoms with Crippen LogP contribution in [0.4, 0.5) is 0 Å². The number of furan rings is 1. The van der Waals surface area contributed by atoms with Crippen LogP contribution in [-0.4, -0.2) is 38.3 Å². The van der Waals surface area contributed by atoms with E-state index in [1.807, 2.05) is 26.1 Å². The second-order valence-electron chi connectivity index (χ2n) is 3.77. The molecule has 1 aromatic rings. The maximum atomic E-state index is 5.67. The molecule has 0 bridgehead atoms. The fraction of sp³-hybridized carbons (Fsp3) is 0.636. The quantitative estimate of drug-likeness (QED) is 0.764. The highest BCUT2D eigenvalue weighted by Crippen LogP contribution is 2.10. The summed E-state index contributed by atoms with van der Waals surface area (Å²) in [6.07, 6.45) is 0. The number of nitrogens with two attached hydrogens (primary N) is 1. The molecule has 4 heteroatoms. The molecule has 1 atom stereocenters. The number of likely N-dealkylation sites (N-methyl/N-ethyl adjacent to an activating group) is 1. The molecule has 1 rings (SSSR count). The molecular formula is C11H20N2O2. The van der Waals surface area contributed by atoms with Gasteiger partial charge < -0.3 is 14.9 Å². The van der Waals surface area contributed by atoms with Gasteiger partial charge in [0.25, 0.3) is 0 Å². The summed E-state index contributed by atoms with van der Waals surface area (Å²) in [6.45, 7) is 3.94. The van der Waals surface area contributed by atoms with Crippen LogP contribution in [0.1, 0.15) is 11.5 Å². The highest BCUT2D eigenvalue weighted by molar-refractivity contribution is 5.05. The Balaban J connectivity index is 2.49. The lowest BCUT2D eigenvalue weighted by Gasteiger charge is -2.25. The molecule has 0 radical (unpaired) electrons. The van der Waals surface area contributed by atoms with Crippen LogP contribution < -0.4 is 5.73 Å². The molecule has 2 N–H and O–H groups in total. The van der Waals surface area contributed by atoms with Gasteiger partial charge in [-0.25, -0.2) is 0 Å². The first kappa shape index (κ1) is 12.2. The van der Waals surface area contributed by atoms with Crippen molar-refractivity contribution in [1.29, 1.82) is 0 Å². The Kier molecular flexibility index (Phi) is 4.81. The van der Waals surface area contributed by atoms with Gasteiger partial charge in [0.05, 0.1) is 13.2 Å². The maximum absolute atomic E-state index is 5.67. The largest absolute Gasteiger partial charge is 0.465 e. The van der Waals surface area contributed by atoms with Crippen molar-refractivity contribution in [1.82, 2.24) is 4.90 Å². The summed E-state index contributed by atoms with van der Waals surface area (Å²) in [6, 6.07) is 4.20. The molecule has 0 amide bonds. The lowest BCUT2D eigenvalue weighted by atomic mass is 10.2. The number of rotatable bonds is 6. The first-order valence-corrected chi connectivity index (χ1v) is 5.12. The smallest absolute Gasteiger partial charge is 0.118 e. The van der Waals surface area contributed by atoms with Crippen molar-refractivity contribution in [3.05, 3.63) is 23.7 Å². The predicted octanol–water partition coefficient (Wildman–Crippen LogP) is 0.994. The van der Waals surface area contributed by atoms with Gasteiger partial charge in [-0.2, -0.15) is 0 Å². The van der Waals surface area contributed by atoms with Crippen molar-refractivity contribution in [3.63, 3.8) is 0 Å². The summed E-state index contributed by atoms with van der Waals surface area (Å²) in [4.78, 5) is 2.14. The van der Waals surface area contributed by atoms with Crippen LogP contribution in [0.25, 0.3) is 0 Å². The van der Waals surface area contributed by atoms with Gasteiger partial charge in [0.15, 0.2) is 0 Å². The lowest BCUT2D eigenvalue weighted by molar-refractivity contribution is 0.102. The molecule has 86 valence electrons. The molecule has 1 heterocycles. The van der Waals surface area contributed by atoms with E-state index in [0.29, 0.717) is 13.2 Å². The van der Waals surface area contributed by atoms with Crippen molar-refractivity contribution < 1.29 is 9.15 Å². The zero-order valence-corrected chi connectivity index (χ0v) is 9.69. The van der Waals surface area contributed by atoms with Crippen LogP contribution in [0.15, 0.2) is 16.5 Å². The third-order valence-electron chi connectivity index (χ3n) is 2.46. The molecule has 0 saturated carbocycles. The fourth-order valence-corrected chi connectivity index (χ4v) is 1.51. The van der Waals surface area contributed by atoms with Gasteiger partial charge in [0.2, 0.25) is 0 Å². The average molecular weight is 212 g/mol. The van der Waals surface area contributed by atoms with Crippen LogP contribution >= 0.6 is 0 Å². The number of hydrogen-bond acceptors (Lipinski definition) is 4. The van der Waals surface area contributed by atoms with E-state index in [2.05, 4.69) is 4.90 Å². The Labute approximate surface area is 91.0 Å². The van der Waals surface area contributed by atoms with E-state index in [9.17, 15) is 0 Å². The van der Waals surface area contributed by atoms with Gasteiger partial charge >= 0.3 is 0 Å². The highest BCUT2D eigenvalue weighted by Gasteiger charge is 2.14. The minimum atomic E-state index is 0.236. The molecule has 0 spiro atoms. The summed E-state index contributed by atoms with van der Waals surface area (Å²) in [7, 11) is 3.71.